The first-order chi connectivity index (χ1) is 3.31. The van der Waals surface area contributed by atoms with E-state index in [0.29, 0.717) is 0 Å². The van der Waals surface area contributed by atoms with Gasteiger partial charge in [0.15, 0.2) is 0 Å². The summed E-state index contributed by atoms with van der Waals surface area (Å²) in [7, 11) is 0. The molecule has 2 heteroatoms. The Morgan fingerprint density at radius 1 is 1.71 bits per heavy atom. The lowest BCUT2D eigenvalue weighted by atomic mass is 10.2. The van der Waals surface area contributed by atoms with Crippen molar-refractivity contribution < 1.29 is 5.21 Å². The minimum absolute atomic E-state index is 0.808. The Labute approximate surface area is 43.8 Å². The molecule has 0 saturated carbocycles. The summed E-state index contributed by atoms with van der Waals surface area (Å²) in [5.41, 5.74) is 0.808. The molecule has 0 saturated heterocycles. The number of rotatable bonds is 2. The van der Waals surface area contributed by atoms with E-state index < -0.39 is 0 Å². The molecule has 0 aliphatic rings. The van der Waals surface area contributed by atoms with Crippen LogP contribution in [0.3, 0.4) is 0 Å². The van der Waals surface area contributed by atoms with Crippen LogP contribution in [0.25, 0.3) is 0 Å². The summed E-state index contributed by atoms with van der Waals surface area (Å²) >= 11 is 0. The molecule has 0 aromatic carbocycles. The molecular formula is C5H11NO. The predicted molar refractivity (Wildman–Crippen MR) is 29.8 cm³/mol. The largest absolute Gasteiger partial charge is 0.411 e. The highest BCUT2D eigenvalue weighted by molar-refractivity contribution is 5.81. The van der Waals surface area contributed by atoms with Crippen molar-refractivity contribution in [2.75, 3.05) is 0 Å². The summed E-state index contributed by atoms with van der Waals surface area (Å²) < 4.78 is 0. The Kier molecular flexibility index (Phi) is 3.38. The third-order valence-electron chi connectivity index (χ3n) is 0.783. The summed E-state index contributed by atoms with van der Waals surface area (Å²) in [6.45, 7) is 3.86. The van der Waals surface area contributed by atoms with Gasteiger partial charge in [0.25, 0.3) is 0 Å². The monoisotopic (exact) mass is 101 g/mol. The molecule has 0 aliphatic heterocycles. The van der Waals surface area contributed by atoms with Gasteiger partial charge in [-0.05, 0) is 13.3 Å². The van der Waals surface area contributed by atoms with Gasteiger partial charge in [0, 0.05) is 0 Å². The van der Waals surface area contributed by atoms with E-state index in [1.165, 1.54) is 0 Å². The Balaban J connectivity index is 3.17. The summed E-state index contributed by atoms with van der Waals surface area (Å²) in [4.78, 5) is 0. The number of oxime groups is 1. The molecule has 2 nitrogen and oxygen atoms in total. The average Bonchev–Trinajstić information content (AvgIpc) is 1.68. The van der Waals surface area contributed by atoms with E-state index in [-0.39, 0.29) is 0 Å². The van der Waals surface area contributed by atoms with Crippen molar-refractivity contribution >= 4 is 5.71 Å². The molecule has 1 N–H and O–H groups in total. The van der Waals surface area contributed by atoms with E-state index in [4.69, 9.17) is 5.21 Å². The highest BCUT2D eigenvalue weighted by atomic mass is 16.4. The molecule has 0 fully saturated rings. The number of hydrogen-bond acceptors (Lipinski definition) is 2. The Morgan fingerprint density at radius 3 is 2.43 bits per heavy atom. The zero-order chi connectivity index (χ0) is 5.70. The van der Waals surface area contributed by atoms with Crippen LogP contribution in [0.15, 0.2) is 5.16 Å². The normalized spacial score (nSPS) is 12.0. The minimum atomic E-state index is 0.808. The van der Waals surface area contributed by atoms with Gasteiger partial charge in [-0.2, -0.15) is 0 Å². The van der Waals surface area contributed by atoms with Gasteiger partial charge in [0.1, 0.15) is 0 Å². The molecule has 0 bridgehead atoms. The number of nitrogens with zero attached hydrogens (tertiary/aromatic N) is 1. The van der Waals surface area contributed by atoms with Gasteiger partial charge in [0.2, 0.25) is 0 Å². The van der Waals surface area contributed by atoms with E-state index in [9.17, 15) is 0 Å². The fourth-order valence-corrected chi connectivity index (χ4v) is 0.412. The van der Waals surface area contributed by atoms with Gasteiger partial charge in [-0.25, -0.2) is 0 Å². The molecule has 0 unspecified atom stereocenters. The van der Waals surface area contributed by atoms with E-state index in [1.54, 1.807) is 0 Å². The van der Waals surface area contributed by atoms with Crippen molar-refractivity contribution in [3.8, 4) is 0 Å². The van der Waals surface area contributed by atoms with Crippen LogP contribution >= 0.6 is 0 Å². The maximum Gasteiger partial charge on any atom is 0.0539 e. The van der Waals surface area contributed by atoms with Crippen LogP contribution in [-0.2, 0) is 0 Å². The maximum atomic E-state index is 8.05. The van der Waals surface area contributed by atoms with Crippen LogP contribution in [0.2, 0.25) is 0 Å². The molecule has 7 heavy (non-hydrogen) atoms. The molecule has 0 spiro atoms. The second-order valence-corrected chi connectivity index (χ2v) is 1.59. The lowest BCUT2D eigenvalue weighted by Crippen LogP contribution is -1.87. The first-order valence-corrected chi connectivity index (χ1v) is 2.48. The molecule has 0 rings (SSSR count). The van der Waals surface area contributed by atoms with Gasteiger partial charge in [-0.3, -0.25) is 0 Å². The quantitative estimate of drug-likeness (QED) is 0.320. The SMILES string of the molecule is CCC/C(C)=N\O. The van der Waals surface area contributed by atoms with Crippen molar-refractivity contribution in [3.63, 3.8) is 0 Å². The Hall–Kier alpha value is -0.530. The topological polar surface area (TPSA) is 32.6 Å². The second kappa shape index (κ2) is 3.65. The third-order valence-corrected chi connectivity index (χ3v) is 0.783. The molecule has 0 amide bonds. The van der Waals surface area contributed by atoms with Gasteiger partial charge in [-0.1, -0.05) is 18.5 Å². The summed E-state index contributed by atoms with van der Waals surface area (Å²) in [5.74, 6) is 0. The molecule has 42 valence electrons. The Bertz CT molecular complexity index is 68.5. The van der Waals surface area contributed by atoms with E-state index in [1.807, 2.05) is 6.92 Å². The molecule has 0 aromatic rings. The zero-order valence-electron chi connectivity index (χ0n) is 4.81. The van der Waals surface area contributed by atoms with Crippen molar-refractivity contribution in [3.05, 3.63) is 0 Å². The van der Waals surface area contributed by atoms with E-state index in [0.717, 1.165) is 18.6 Å². The van der Waals surface area contributed by atoms with E-state index >= 15 is 0 Å². The molecule has 0 aromatic heterocycles. The molecule has 0 aliphatic carbocycles. The van der Waals surface area contributed by atoms with Gasteiger partial charge in [-0.15, -0.1) is 0 Å². The van der Waals surface area contributed by atoms with Crippen LogP contribution in [0.1, 0.15) is 26.7 Å². The van der Waals surface area contributed by atoms with Crippen LogP contribution in [-0.4, -0.2) is 10.9 Å². The van der Waals surface area contributed by atoms with E-state index in [2.05, 4.69) is 12.1 Å². The highest BCUT2D eigenvalue weighted by Crippen LogP contribution is 1.88. The smallest absolute Gasteiger partial charge is 0.0539 e. The molecule has 0 radical (unpaired) electrons. The first-order valence-electron chi connectivity index (χ1n) is 2.48. The predicted octanol–water partition coefficient (Wildman–Crippen LogP) is 1.64. The lowest BCUT2D eigenvalue weighted by Gasteiger charge is -1.87. The standard InChI is InChI=1S/C5H11NO/c1-3-4-5(2)6-7/h7H,3-4H2,1-2H3/b6-5-. The second-order valence-electron chi connectivity index (χ2n) is 1.59. The fourth-order valence-electron chi connectivity index (χ4n) is 0.412. The van der Waals surface area contributed by atoms with Crippen molar-refractivity contribution in [2.45, 2.75) is 26.7 Å². The molecule has 0 atom stereocenters. The summed E-state index contributed by atoms with van der Waals surface area (Å²) in [6, 6.07) is 0. The van der Waals surface area contributed by atoms with Crippen LogP contribution in [0.4, 0.5) is 0 Å². The summed E-state index contributed by atoms with van der Waals surface area (Å²) in [6.07, 6.45) is 1.95. The van der Waals surface area contributed by atoms with Crippen LogP contribution in [0, 0.1) is 0 Å². The Morgan fingerprint density at radius 2 is 2.29 bits per heavy atom. The number of hydrogen-bond donors (Lipinski definition) is 1. The minimum Gasteiger partial charge on any atom is -0.411 e. The highest BCUT2D eigenvalue weighted by Gasteiger charge is 1.84. The van der Waals surface area contributed by atoms with Crippen molar-refractivity contribution in [2.24, 2.45) is 5.16 Å². The van der Waals surface area contributed by atoms with Gasteiger partial charge >= 0.3 is 0 Å². The summed E-state index contributed by atoms with van der Waals surface area (Å²) in [5, 5.41) is 11.0. The van der Waals surface area contributed by atoms with Gasteiger partial charge < -0.3 is 5.21 Å². The average molecular weight is 101 g/mol. The fraction of sp³-hybridized carbons (Fsp3) is 0.800. The van der Waals surface area contributed by atoms with Crippen molar-refractivity contribution in [1.29, 1.82) is 0 Å². The molecule has 0 heterocycles. The van der Waals surface area contributed by atoms with Crippen LogP contribution in [0.5, 0.6) is 0 Å². The van der Waals surface area contributed by atoms with Crippen molar-refractivity contribution in [1.82, 2.24) is 0 Å². The first kappa shape index (κ1) is 6.47. The zero-order valence-corrected chi connectivity index (χ0v) is 4.81. The maximum absolute atomic E-state index is 8.05. The van der Waals surface area contributed by atoms with Gasteiger partial charge in [0.05, 0.1) is 5.71 Å². The lowest BCUT2D eigenvalue weighted by molar-refractivity contribution is 0.317. The third kappa shape index (κ3) is 3.30. The van der Waals surface area contributed by atoms with Crippen LogP contribution < -0.4 is 0 Å². The molecular weight excluding hydrogens is 90.1 g/mol.